The maximum absolute atomic E-state index is 13.4. The van der Waals surface area contributed by atoms with E-state index in [2.05, 4.69) is 0 Å². The minimum absolute atomic E-state index is 0. The molecule has 3 unspecified atom stereocenters. The smallest absolute Gasteiger partial charge is 0.512 e. The molecule has 2 aromatic carbocycles. The summed E-state index contributed by atoms with van der Waals surface area (Å²) in [6.45, 7) is 15.4. The second-order valence-electron chi connectivity index (χ2n) is 13.4. The van der Waals surface area contributed by atoms with Gasteiger partial charge in [0.25, 0.3) is 0 Å². The number of aldehydes is 1. The molecule has 2 fully saturated rings. The largest absolute Gasteiger partial charge is 1.00 e. The van der Waals surface area contributed by atoms with Crippen LogP contribution in [0.4, 0.5) is 27.2 Å². The summed E-state index contributed by atoms with van der Waals surface area (Å²) in [5, 5.41) is 25.1. The van der Waals surface area contributed by atoms with Crippen LogP contribution in [0.25, 0.3) is 0 Å². The number of aliphatic hydroxyl groups excluding tert-OH is 1. The Morgan fingerprint density at radius 2 is 1.18 bits per heavy atom. The Labute approximate surface area is 338 Å². The molecule has 10 nitrogen and oxygen atoms in total. The Morgan fingerprint density at radius 3 is 1.54 bits per heavy atom. The molecule has 2 saturated heterocycles. The third-order valence-corrected chi connectivity index (χ3v) is 7.31. The molecule has 2 aliphatic rings. The van der Waals surface area contributed by atoms with Crippen LogP contribution in [0.3, 0.4) is 0 Å². The van der Waals surface area contributed by atoms with E-state index >= 15 is 0 Å². The van der Waals surface area contributed by atoms with Crippen LogP contribution in [0, 0.1) is 46.4 Å². The summed E-state index contributed by atoms with van der Waals surface area (Å²) in [6.07, 6.45) is -1.45. The molecule has 0 bridgehead atoms. The third kappa shape index (κ3) is 14.1. The average molecular weight is 751 g/mol. The van der Waals surface area contributed by atoms with Crippen molar-refractivity contribution in [1.29, 1.82) is 10.5 Å². The number of ether oxygens (including phenoxy) is 2. The molecule has 0 spiro atoms. The molecule has 0 aromatic heterocycles. The van der Waals surface area contributed by atoms with E-state index in [1.807, 2.05) is 0 Å². The van der Waals surface area contributed by atoms with E-state index in [0.717, 1.165) is 12.1 Å². The summed E-state index contributed by atoms with van der Waals surface area (Å²) >= 11 is 0. The van der Waals surface area contributed by atoms with Gasteiger partial charge < -0.3 is 36.1 Å². The van der Waals surface area contributed by atoms with Gasteiger partial charge in [-0.25, -0.2) is 27.2 Å². The van der Waals surface area contributed by atoms with Crippen LogP contribution in [-0.2, 0) is 14.3 Å². The van der Waals surface area contributed by atoms with Gasteiger partial charge in [-0.15, -0.1) is 12.4 Å². The molecule has 2 aliphatic heterocycles. The monoisotopic (exact) mass is 750 g/mol. The molecule has 2 amide bonds. The first-order valence-electron chi connectivity index (χ1n) is 15.0. The first-order valence-corrected chi connectivity index (χ1v) is 15.0. The number of carbonyl (C=O) groups is 3. The molecule has 50 heavy (non-hydrogen) atoms. The number of aliphatic hydroxyl groups is 1. The Balaban J connectivity index is 0.000000884. The standard InChI is InChI=1S/C17H20F2N2O3.C16H19F2NO3.CN.ClH.K/c1-17(2,3)24-16(23)21-9-11(6-14(21)15(22)8-20)10-4-12(18)7-13(19)5-10;1-16(2,3)22-15(21)19-8-11(6-14(19)9-20)10-4-12(17)7-13(18)5-10;1-2;;/h4-5,7,11,14-15,22H,6,9H2,1-3H3;4-5,7,9,11,14H,6,8H2,1-3H3;;1H;/q;;-1;;+1/t11-,14?,15?;11-,14?;;;/m11.../s1. The maximum Gasteiger partial charge on any atom is 1.00 e. The summed E-state index contributed by atoms with van der Waals surface area (Å²) in [4.78, 5) is 38.2. The van der Waals surface area contributed by atoms with Gasteiger partial charge in [-0.3, -0.25) is 4.90 Å². The molecule has 2 heterocycles. The fourth-order valence-corrected chi connectivity index (χ4v) is 5.41. The Bertz CT molecular complexity index is 1490. The number of carbonyl (C=O) groups excluding carboxylic acids is 3. The van der Waals surface area contributed by atoms with Gasteiger partial charge >= 0.3 is 63.6 Å². The molecular weight excluding hydrogens is 711 g/mol. The fourth-order valence-electron chi connectivity index (χ4n) is 5.41. The molecule has 4 rings (SSSR count). The van der Waals surface area contributed by atoms with Gasteiger partial charge in [0.05, 0.1) is 18.2 Å². The first kappa shape index (κ1) is 47.2. The summed E-state index contributed by atoms with van der Waals surface area (Å²) in [7, 11) is 0. The van der Waals surface area contributed by atoms with Gasteiger partial charge in [0.15, 0.2) is 6.10 Å². The topological polar surface area (TPSA) is 144 Å². The van der Waals surface area contributed by atoms with Gasteiger partial charge in [0, 0.05) is 37.1 Å². The van der Waals surface area contributed by atoms with Crippen molar-refractivity contribution in [3.05, 3.63) is 77.4 Å². The van der Waals surface area contributed by atoms with Crippen LogP contribution in [0.5, 0.6) is 0 Å². The van der Waals surface area contributed by atoms with Crippen molar-refractivity contribution in [2.45, 2.75) is 95.6 Å². The summed E-state index contributed by atoms with van der Waals surface area (Å²) < 4.78 is 64.1. The Kier molecular flexibility index (Phi) is 19.2. The quantitative estimate of drug-likeness (QED) is 0.164. The van der Waals surface area contributed by atoms with Crippen molar-refractivity contribution < 1.29 is 97.9 Å². The number of benzene rings is 2. The van der Waals surface area contributed by atoms with E-state index in [1.165, 1.54) is 34.1 Å². The van der Waals surface area contributed by atoms with Gasteiger partial charge in [-0.1, -0.05) is 0 Å². The minimum Gasteiger partial charge on any atom is -0.512 e. The number of amides is 2. The van der Waals surface area contributed by atoms with E-state index in [1.54, 1.807) is 47.6 Å². The van der Waals surface area contributed by atoms with E-state index in [-0.39, 0.29) is 89.2 Å². The SMILES string of the molecule is CC(C)(C)OC(=O)N1C[C@H](c2cc(F)cc(F)c2)CC1C(O)C#N.CC(C)(C)OC(=O)N1C[C@H](c2cc(F)cc(F)c2)CC1C=O.Cl.[C-]#N.[K+]. The number of hydrogen-bond donors (Lipinski definition) is 1. The number of halogens is 5. The molecule has 5 atom stereocenters. The second-order valence-corrected chi connectivity index (χ2v) is 13.4. The van der Waals surface area contributed by atoms with Crippen LogP contribution in [0.2, 0.25) is 0 Å². The number of nitriles is 1. The zero-order valence-corrected chi connectivity index (χ0v) is 32.9. The van der Waals surface area contributed by atoms with Crippen molar-refractivity contribution in [3.63, 3.8) is 0 Å². The normalized spacial score (nSPS) is 20.2. The van der Waals surface area contributed by atoms with E-state index in [0.29, 0.717) is 23.8 Å². The maximum atomic E-state index is 13.4. The van der Waals surface area contributed by atoms with Crippen molar-refractivity contribution in [2.75, 3.05) is 13.1 Å². The van der Waals surface area contributed by atoms with Crippen molar-refractivity contribution in [1.82, 2.24) is 9.80 Å². The molecule has 16 heteroatoms. The van der Waals surface area contributed by atoms with Crippen LogP contribution in [0.1, 0.15) is 77.3 Å². The van der Waals surface area contributed by atoms with Crippen molar-refractivity contribution in [3.8, 4) is 6.07 Å². The van der Waals surface area contributed by atoms with Crippen molar-refractivity contribution in [2.24, 2.45) is 0 Å². The Morgan fingerprint density at radius 1 is 0.820 bits per heavy atom. The van der Waals surface area contributed by atoms with E-state index in [9.17, 15) is 37.1 Å². The van der Waals surface area contributed by atoms with Gasteiger partial charge in [-0.2, -0.15) is 5.26 Å². The van der Waals surface area contributed by atoms with Gasteiger partial charge in [-0.05, 0) is 89.8 Å². The first-order chi connectivity index (χ1) is 22.3. The fraction of sp³-hybridized carbons (Fsp3) is 0.500. The van der Waals surface area contributed by atoms with Crippen LogP contribution < -0.4 is 51.4 Å². The summed E-state index contributed by atoms with van der Waals surface area (Å²) in [6, 6.07) is 6.69. The van der Waals surface area contributed by atoms with Gasteiger partial charge in [0.1, 0.15) is 40.8 Å². The second kappa shape index (κ2) is 20.3. The molecule has 0 saturated carbocycles. The predicted octanol–water partition coefficient (Wildman–Crippen LogP) is 3.72. The third-order valence-electron chi connectivity index (χ3n) is 7.31. The summed E-state index contributed by atoms with van der Waals surface area (Å²) in [5.41, 5.74) is -0.584. The van der Waals surface area contributed by atoms with Crippen LogP contribution in [0.15, 0.2) is 36.4 Å². The minimum atomic E-state index is -1.40. The van der Waals surface area contributed by atoms with E-state index in [4.69, 9.17) is 26.6 Å². The zero-order valence-electron chi connectivity index (χ0n) is 29.0. The van der Waals surface area contributed by atoms with Crippen LogP contribution >= 0.6 is 12.4 Å². The molecule has 2 aromatic rings. The molecular formula is C34H40ClF4KN4O6. The number of hydrogen-bond acceptors (Lipinski definition) is 8. The molecule has 268 valence electrons. The zero-order chi connectivity index (χ0) is 36.6. The van der Waals surface area contributed by atoms with Gasteiger partial charge in [0.2, 0.25) is 0 Å². The number of likely N-dealkylation sites (tertiary alicyclic amines) is 2. The molecule has 0 aliphatic carbocycles. The number of nitrogens with zero attached hydrogens (tertiary/aromatic N) is 4. The number of rotatable bonds is 4. The van der Waals surface area contributed by atoms with Crippen LogP contribution in [-0.4, -0.2) is 75.9 Å². The molecule has 0 radical (unpaired) electrons. The van der Waals surface area contributed by atoms with E-state index < -0.39 is 70.8 Å². The predicted molar refractivity (Wildman–Crippen MR) is 171 cm³/mol. The average Bonchev–Trinajstić information content (AvgIpc) is 3.61. The Hall–Kier alpha value is -2.76. The molecule has 1 N–H and O–H groups in total. The van der Waals surface area contributed by atoms with Crippen molar-refractivity contribution >= 4 is 30.9 Å². The summed E-state index contributed by atoms with van der Waals surface area (Å²) in [5.74, 6) is -3.46.